The summed E-state index contributed by atoms with van der Waals surface area (Å²) in [6.07, 6.45) is 3.98. The second-order valence-electron chi connectivity index (χ2n) is 5.30. The summed E-state index contributed by atoms with van der Waals surface area (Å²) in [5, 5.41) is 9.39. The van der Waals surface area contributed by atoms with Crippen molar-refractivity contribution in [3.05, 3.63) is 35.4 Å². The van der Waals surface area contributed by atoms with Crippen LogP contribution in [0.4, 0.5) is 8.78 Å². The Balaban J connectivity index is 2.22. The molecule has 1 nitrogen and oxygen atoms in total. The molecule has 3 heteroatoms. The van der Waals surface area contributed by atoms with Crippen molar-refractivity contribution in [2.45, 2.75) is 39.0 Å². The summed E-state index contributed by atoms with van der Waals surface area (Å²) in [6, 6.07) is 6.55. The number of benzene rings is 1. The topological polar surface area (TPSA) is 23.8 Å². The van der Waals surface area contributed by atoms with E-state index in [1.54, 1.807) is 6.07 Å². The normalized spacial score (nSPS) is 27.1. The molecule has 0 spiro atoms. The van der Waals surface area contributed by atoms with Gasteiger partial charge in [0.2, 0.25) is 0 Å². The second-order valence-corrected chi connectivity index (χ2v) is 5.30. The van der Waals surface area contributed by atoms with E-state index in [4.69, 9.17) is 0 Å². The SMILES string of the molecule is CCC1CCC(C#N)(Cc2cccc(F)c2F)C1. The van der Waals surface area contributed by atoms with Crippen molar-refractivity contribution < 1.29 is 8.78 Å². The number of nitrogens with zero attached hydrogens (tertiary/aromatic N) is 1. The summed E-state index contributed by atoms with van der Waals surface area (Å²) in [5.41, 5.74) is -0.178. The number of nitriles is 1. The van der Waals surface area contributed by atoms with Crippen LogP contribution in [-0.4, -0.2) is 0 Å². The van der Waals surface area contributed by atoms with Gasteiger partial charge in [-0.2, -0.15) is 5.26 Å². The van der Waals surface area contributed by atoms with Crippen LogP contribution < -0.4 is 0 Å². The van der Waals surface area contributed by atoms with Gasteiger partial charge < -0.3 is 0 Å². The average molecular weight is 249 g/mol. The van der Waals surface area contributed by atoms with Gasteiger partial charge in [-0.05, 0) is 43.2 Å². The van der Waals surface area contributed by atoms with Crippen LogP contribution in [0.5, 0.6) is 0 Å². The molecule has 2 unspecified atom stereocenters. The summed E-state index contributed by atoms with van der Waals surface area (Å²) < 4.78 is 26.8. The summed E-state index contributed by atoms with van der Waals surface area (Å²) in [6.45, 7) is 2.11. The number of rotatable bonds is 3. The maximum absolute atomic E-state index is 13.7. The predicted octanol–water partition coefficient (Wildman–Crippen LogP) is 4.23. The Kier molecular flexibility index (Phi) is 3.65. The lowest BCUT2D eigenvalue weighted by Gasteiger charge is -2.21. The van der Waals surface area contributed by atoms with E-state index in [1.807, 2.05) is 0 Å². The Bertz CT molecular complexity index is 478. The molecule has 0 N–H and O–H groups in total. The fraction of sp³-hybridized carbons (Fsp3) is 0.533. The van der Waals surface area contributed by atoms with Gasteiger partial charge in [-0.1, -0.05) is 25.5 Å². The van der Waals surface area contributed by atoms with Crippen LogP contribution in [0.3, 0.4) is 0 Å². The molecule has 0 radical (unpaired) electrons. The van der Waals surface area contributed by atoms with Crippen LogP contribution in [0.15, 0.2) is 18.2 Å². The fourth-order valence-electron chi connectivity index (χ4n) is 2.94. The van der Waals surface area contributed by atoms with E-state index in [9.17, 15) is 14.0 Å². The minimum atomic E-state index is -0.828. The van der Waals surface area contributed by atoms with E-state index in [1.165, 1.54) is 6.07 Å². The average Bonchev–Trinajstić information content (AvgIpc) is 2.79. The molecule has 0 saturated heterocycles. The van der Waals surface area contributed by atoms with Gasteiger partial charge in [-0.15, -0.1) is 0 Å². The van der Waals surface area contributed by atoms with Crippen LogP contribution in [0, 0.1) is 34.3 Å². The van der Waals surface area contributed by atoms with E-state index >= 15 is 0 Å². The van der Waals surface area contributed by atoms with Crippen molar-refractivity contribution in [1.29, 1.82) is 5.26 Å². The molecule has 1 aliphatic carbocycles. The largest absolute Gasteiger partial charge is 0.204 e. The monoisotopic (exact) mass is 249 g/mol. The van der Waals surface area contributed by atoms with Gasteiger partial charge in [-0.3, -0.25) is 0 Å². The molecule has 2 rings (SSSR count). The lowest BCUT2D eigenvalue weighted by molar-refractivity contribution is 0.371. The van der Waals surface area contributed by atoms with Crippen LogP contribution in [-0.2, 0) is 6.42 Å². The summed E-state index contributed by atoms with van der Waals surface area (Å²) >= 11 is 0. The first-order valence-electron chi connectivity index (χ1n) is 6.44. The second kappa shape index (κ2) is 5.06. The Morgan fingerprint density at radius 2 is 2.22 bits per heavy atom. The third-order valence-corrected chi connectivity index (χ3v) is 4.09. The molecule has 2 atom stereocenters. The molecular formula is C15H17F2N. The van der Waals surface area contributed by atoms with Gasteiger partial charge in [0.15, 0.2) is 11.6 Å². The molecule has 1 aromatic carbocycles. The molecule has 18 heavy (non-hydrogen) atoms. The van der Waals surface area contributed by atoms with Gasteiger partial charge >= 0.3 is 0 Å². The summed E-state index contributed by atoms with van der Waals surface area (Å²) in [5.74, 6) is -1.08. The molecule has 96 valence electrons. The third-order valence-electron chi connectivity index (χ3n) is 4.09. The van der Waals surface area contributed by atoms with Crippen molar-refractivity contribution in [2.75, 3.05) is 0 Å². The van der Waals surface area contributed by atoms with Crippen molar-refractivity contribution in [2.24, 2.45) is 11.3 Å². The Labute approximate surface area is 106 Å². The fourth-order valence-corrected chi connectivity index (χ4v) is 2.94. The Morgan fingerprint density at radius 3 is 2.83 bits per heavy atom. The number of halogens is 2. The van der Waals surface area contributed by atoms with E-state index in [-0.39, 0.29) is 0 Å². The zero-order valence-electron chi connectivity index (χ0n) is 10.5. The standard InChI is InChI=1S/C15H17F2N/c1-2-11-6-7-15(8-11,10-18)9-12-4-3-5-13(16)14(12)17/h3-5,11H,2,6-9H2,1H3. The molecule has 1 saturated carbocycles. The van der Waals surface area contributed by atoms with Gasteiger partial charge in [0.25, 0.3) is 0 Å². The third kappa shape index (κ3) is 2.38. The van der Waals surface area contributed by atoms with Crippen LogP contribution in [0.1, 0.15) is 38.2 Å². The first-order valence-corrected chi connectivity index (χ1v) is 6.44. The van der Waals surface area contributed by atoms with Crippen molar-refractivity contribution in [3.63, 3.8) is 0 Å². The first-order chi connectivity index (χ1) is 8.60. The minimum absolute atomic E-state index is 0.323. The molecule has 1 aliphatic rings. The molecule has 1 fully saturated rings. The lowest BCUT2D eigenvalue weighted by Crippen LogP contribution is -2.19. The quantitative estimate of drug-likeness (QED) is 0.786. The zero-order valence-corrected chi connectivity index (χ0v) is 10.5. The van der Waals surface area contributed by atoms with Gasteiger partial charge in [0, 0.05) is 0 Å². The molecule has 0 amide bonds. The van der Waals surface area contributed by atoms with Crippen LogP contribution >= 0.6 is 0 Å². The first kappa shape index (κ1) is 13.0. The molecule has 0 heterocycles. The maximum Gasteiger partial charge on any atom is 0.162 e. The molecule has 0 aliphatic heterocycles. The highest BCUT2D eigenvalue weighted by Gasteiger charge is 2.39. The summed E-state index contributed by atoms with van der Waals surface area (Å²) in [7, 11) is 0. The van der Waals surface area contributed by atoms with Crippen molar-refractivity contribution in [1.82, 2.24) is 0 Å². The highest BCUT2D eigenvalue weighted by molar-refractivity contribution is 5.23. The van der Waals surface area contributed by atoms with Crippen LogP contribution in [0.25, 0.3) is 0 Å². The van der Waals surface area contributed by atoms with Gasteiger partial charge in [0.05, 0.1) is 11.5 Å². The van der Waals surface area contributed by atoms with Crippen molar-refractivity contribution in [3.8, 4) is 6.07 Å². The molecular weight excluding hydrogens is 232 g/mol. The molecule has 0 bridgehead atoms. The highest BCUT2D eigenvalue weighted by atomic mass is 19.2. The maximum atomic E-state index is 13.7. The number of hydrogen-bond donors (Lipinski definition) is 0. The van der Waals surface area contributed by atoms with Crippen LogP contribution in [0.2, 0.25) is 0 Å². The Morgan fingerprint density at radius 1 is 1.44 bits per heavy atom. The van der Waals surface area contributed by atoms with Gasteiger partial charge in [0.1, 0.15) is 0 Å². The smallest absolute Gasteiger partial charge is 0.162 e. The highest BCUT2D eigenvalue weighted by Crippen LogP contribution is 2.45. The minimum Gasteiger partial charge on any atom is -0.204 e. The summed E-state index contributed by atoms with van der Waals surface area (Å²) in [4.78, 5) is 0. The van der Waals surface area contributed by atoms with E-state index in [0.29, 0.717) is 17.9 Å². The van der Waals surface area contributed by atoms with E-state index < -0.39 is 17.0 Å². The van der Waals surface area contributed by atoms with Crippen molar-refractivity contribution >= 4 is 0 Å². The Hall–Kier alpha value is -1.43. The lowest BCUT2D eigenvalue weighted by atomic mass is 9.80. The predicted molar refractivity (Wildman–Crippen MR) is 65.7 cm³/mol. The van der Waals surface area contributed by atoms with E-state index in [2.05, 4.69) is 13.0 Å². The van der Waals surface area contributed by atoms with Gasteiger partial charge in [-0.25, -0.2) is 8.78 Å². The van der Waals surface area contributed by atoms with E-state index in [0.717, 1.165) is 31.7 Å². The molecule has 1 aromatic rings. The number of hydrogen-bond acceptors (Lipinski definition) is 1. The zero-order chi connectivity index (χ0) is 13.2. The molecule has 0 aromatic heterocycles.